The van der Waals surface area contributed by atoms with Gasteiger partial charge in [-0.3, -0.25) is 4.79 Å². The largest absolute Gasteiger partial charge is 0.467 e. The summed E-state index contributed by atoms with van der Waals surface area (Å²) in [7, 11) is 1.31. The molecule has 0 spiro atoms. The topological polar surface area (TPSA) is 73.2 Å². The van der Waals surface area contributed by atoms with E-state index in [0.717, 1.165) is 16.8 Å². The fraction of sp³-hybridized carbons (Fsp3) is 0.227. The summed E-state index contributed by atoms with van der Waals surface area (Å²) in [5.74, 6) is -0.844. The van der Waals surface area contributed by atoms with Crippen LogP contribution in [0.4, 0.5) is 0 Å². The Balaban J connectivity index is 1.80. The summed E-state index contributed by atoms with van der Waals surface area (Å²) in [5.41, 5.74) is 4.07. The number of nitrogens with zero attached hydrogens (tertiary/aromatic N) is 2. The number of methoxy groups -OCH3 is 1. The smallest absolute Gasteiger partial charge is 0.328 e. The Bertz CT molecular complexity index is 962. The summed E-state index contributed by atoms with van der Waals surface area (Å²) in [5, 5.41) is 7.11. The van der Waals surface area contributed by atoms with Gasteiger partial charge in [-0.15, -0.1) is 0 Å². The summed E-state index contributed by atoms with van der Waals surface area (Å²) >= 11 is 0. The molecule has 0 saturated heterocycles. The van der Waals surface area contributed by atoms with E-state index in [1.165, 1.54) is 13.3 Å². The van der Waals surface area contributed by atoms with Gasteiger partial charge in [0.05, 0.1) is 30.3 Å². The minimum absolute atomic E-state index is 0.352. The molecule has 0 radical (unpaired) electrons. The van der Waals surface area contributed by atoms with Crippen molar-refractivity contribution in [3.63, 3.8) is 0 Å². The van der Waals surface area contributed by atoms with Gasteiger partial charge in [0.2, 0.25) is 0 Å². The zero-order chi connectivity index (χ0) is 20.1. The van der Waals surface area contributed by atoms with Crippen LogP contribution in [0.15, 0.2) is 60.8 Å². The van der Waals surface area contributed by atoms with Crippen molar-refractivity contribution in [1.82, 2.24) is 15.1 Å². The number of aromatic nitrogens is 2. The molecule has 1 unspecified atom stereocenters. The Kier molecular flexibility index (Phi) is 5.89. The van der Waals surface area contributed by atoms with Crippen LogP contribution in [0.2, 0.25) is 0 Å². The lowest BCUT2D eigenvalue weighted by Crippen LogP contribution is -2.43. The molecule has 0 saturated carbocycles. The average Bonchev–Trinajstić information content (AvgIpc) is 3.09. The normalized spacial score (nSPS) is 11.7. The molecule has 0 aliphatic carbocycles. The molecule has 0 fully saturated rings. The summed E-state index contributed by atoms with van der Waals surface area (Å²) in [6.07, 6.45) is 1.87. The minimum Gasteiger partial charge on any atom is -0.467 e. The lowest BCUT2D eigenvalue weighted by Gasteiger charge is -2.16. The first-order valence-electron chi connectivity index (χ1n) is 9.04. The van der Waals surface area contributed by atoms with Gasteiger partial charge < -0.3 is 10.1 Å². The lowest BCUT2D eigenvalue weighted by atomic mass is 10.1. The van der Waals surface area contributed by atoms with E-state index in [2.05, 4.69) is 10.4 Å². The number of rotatable bonds is 6. The fourth-order valence-corrected chi connectivity index (χ4v) is 3.00. The predicted octanol–water partition coefficient (Wildman–Crippen LogP) is 3.00. The molecule has 144 valence electrons. The molecule has 0 aliphatic rings. The van der Waals surface area contributed by atoms with Gasteiger partial charge in [0.15, 0.2) is 0 Å². The maximum absolute atomic E-state index is 12.8. The second-order valence-electron chi connectivity index (χ2n) is 6.63. The average molecular weight is 377 g/mol. The van der Waals surface area contributed by atoms with Crippen LogP contribution < -0.4 is 5.32 Å². The first kappa shape index (κ1) is 19.4. The van der Waals surface area contributed by atoms with Crippen molar-refractivity contribution in [3.8, 4) is 5.69 Å². The van der Waals surface area contributed by atoms with E-state index in [1.54, 1.807) is 4.68 Å². The van der Waals surface area contributed by atoms with Crippen LogP contribution in [-0.2, 0) is 16.0 Å². The van der Waals surface area contributed by atoms with E-state index in [0.29, 0.717) is 17.7 Å². The minimum atomic E-state index is -0.776. The molecular weight excluding hydrogens is 354 g/mol. The van der Waals surface area contributed by atoms with Crippen LogP contribution >= 0.6 is 0 Å². The number of hydrogen-bond acceptors (Lipinski definition) is 4. The molecule has 3 rings (SSSR count). The Morgan fingerprint density at radius 1 is 1.07 bits per heavy atom. The summed E-state index contributed by atoms with van der Waals surface area (Å²) < 4.78 is 6.57. The standard InChI is InChI=1S/C22H23N3O3/c1-15-9-11-18(12-10-15)25-16(2)19(14-23-25)21(26)24-20(22(27)28-3)13-17-7-5-4-6-8-17/h4-12,14,20H,13H2,1-3H3,(H,24,26). The highest BCUT2D eigenvalue weighted by atomic mass is 16.5. The number of ether oxygens (including phenoxy) is 1. The van der Waals surface area contributed by atoms with Crippen molar-refractivity contribution in [2.45, 2.75) is 26.3 Å². The lowest BCUT2D eigenvalue weighted by molar-refractivity contribution is -0.142. The molecule has 1 amide bonds. The quantitative estimate of drug-likeness (QED) is 0.670. The van der Waals surface area contributed by atoms with E-state index < -0.39 is 12.0 Å². The van der Waals surface area contributed by atoms with Crippen molar-refractivity contribution in [1.29, 1.82) is 0 Å². The van der Waals surface area contributed by atoms with E-state index >= 15 is 0 Å². The van der Waals surface area contributed by atoms with Gasteiger partial charge in [0.1, 0.15) is 6.04 Å². The van der Waals surface area contributed by atoms with E-state index in [1.807, 2.05) is 68.4 Å². The molecule has 28 heavy (non-hydrogen) atoms. The van der Waals surface area contributed by atoms with Crippen LogP contribution in [-0.4, -0.2) is 34.8 Å². The van der Waals surface area contributed by atoms with Crippen LogP contribution in [0.3, 0.4) is 0 Å². The van der Waals surface area contributed by atoms with Gasteiger partial charge in [-0.05, 0) is 31.5 Å². The second-order valence-corrected chi connectivity index (χ2v) is 6.63. The molecule has 1 atom stereocenters. The maximum atomic E-state index is 12.8. The molecular formula is C22H23N3O3. The van der Waals surface area contributed by atoms with Crippen LogP contribution in [0, 0.1) is 13.8 Å². The molecule has 2 aromatic carbocycles. The molecule has 0 bridgehead atoms. The molecule has 1 aromatic heterocycles. The maximum Gasteiger partial charge on any atom is 0.328 e. The molecule has 3 aromatic rings. The van der Waals surface area contributed by atoms with Gasteiger partial charge >= 0.3 is 5.97 Å². The van der Waals surface area contributed by atoms with E-state index in [4.69, 9.17) is 4.74 Å². The Morgan fingerprint density at radius 2 is 1.75 bits per heavy atom. The fourth-order valence-electron chi connectivity index (χ4n) is 3.00. The second kappa shape index (κ2) is 8.52. The van der Waals surface area contributed by atoms with Crippen molar-refractivity contribution < 1.29 is 14.3 Å². The van der Waals surface area contributed by atoms with Crippen LogP contribution in [0.5, 0.6) is 0 Å². The Labute approximate surface area is 164 Å². The Morgan fingerprint density at radius 3 is 2.39 bits per heavy atom. The summed E-state index contributed by atoms with van der Waals surface area (Å²) in [6, 6.07) is 16.6. The third-order valence-electron chi connectivity index (χ3n) is 4.61. The number of esters is 1. The van der Waals surface area contributed by atoms with Gasteiger partial charge in [0.25, 0.3) is 5.91 Å². The number of carbonyl (C=O) groups is 2. The number of hydrogen-bond donors (Lipinski definition) is 1. The van der Waals surface area contributed by atoms with E-state index in [9.17, 15) is 9.59 Å². The number of nitrogens with one attached hydrogen (secondary N) is 1. The first-order valence-corrected chi connectivity index (χ1v) is 9.04. The van der Waals surface area contributed by atoms with Crippen LogP contribution in [0.25, 0.3) is 5.69 Å². The van der Waals surface area contributed by atoms with Crippen molar-refractivity contribution in [2.75, 3.05) is 7.11 Å². The molecule has 6 nitrogen and oxygen atoms in total. The molecule has 0 aliphatic heterocycles. The van der Waals surface area contributed by atoms with Crippen LogP contribution in [0.1, 0.15) is 27.2 Å². The summed E-state index contributed by atoms with van der Waals surface area (Å²) in [6.45, 7) is 3.84. The van der Waals surface area contributed by atoms with Gasteiger partial charge in [-0.2, -0.15) is 5.10 Å². The van der Waals surface area contributed by atoms with E-state index in [-0.39, 0.29) is 5.91 Å². The monoisotopic (exact) mass is 377 g/mol. The highest BCUT2D eigenvalue weighted by Gasteiger charge is 2.24. The number of amides is 1. The van der Waals surface area contributed by atoms with Gasteiger partial charge in [-0.25, -0.2) is 9.48 Å². The molecule has 1 heterocycles. The third kappa shape index (κ3) is 4.28. The highest BCUT2D eigenvalue weighted by molar-refractivity contribution is 5.97. The molecule has 6 heteroatoms. The molecule has 1 N–H and O–H groups in total. The zero-order valence-electron chi connectivity index (χ0n) is 16.2. The van der Waals surface area contributed by atoms with Crippen molar-refractivity contribution in [3.05, 3.63) is 83.2 Å². The van der Waals surface area contributed by atoms with Crippen molar-refractivity contribution >= 4 is 11.9 Å². The highest BCUT2D eigenvalue weighted by Crippen LogP contribution is 2.15. The third-order valence-corrected chi connectivity index (χ3v) is 4.61. The van der Waals surface area contributed by atoms with Gasteiger partial charge in [-0.1, -0.05) is 48.0 Å². The number of aryl methyl sites for hydroxylation is 1. The zero-order valence-corrected chi connectivity index (χ0v) is 16.2. The number of carbonyl (C=O) groups excluding carboxylic acids is 2. The first-order chi connectivity index (χ1) is 13.5. The van der Waals surface area contributed by atoms with Gasteiger partial charge in [0, 0.05) is 6.42 Å². The SMILES string of the molecule is COC(=O)C(Cc1ccccc1)NC(=O)c1cnn(-c2ccc(C)cc2)c1C. The predicted molar refractivity (Wildman–Crippen MR) is 106 cm³/mol. The number of benzene rings is 2. The van der Waals surface area contributed by atoms with Crippen molar-refractivity contribution in [2.24, 2.45) is 0 Å². The summed E-state index contributed by atoms with van der Waals surface area (Å²) in [4.78, 5) is 25.0. The Hall–Kier alpha value is -3.41.